The van der Waals surface area contributed by atoms with E-state index in [4.69, 9.17) is 5.73 Å². The molecule has 0 atom stereocenters. The largest absolute Gasteiger partial charge is 0.330 e. The third-order valence-corrected chi connectivity index (χ3v) is 5.37. The van der Waals surface area contributed by atoms with Crippen LogP contribution >= 0.6 is 0 Å². The van der Waals surface area contributed by atoms with Gasteiger partial charge in [0.1, 0.15) is 0 Å². The summed E-state index contributed by atoms with van der Waals surface area (Å²) in [6.07, 6.45) is 0.664. The Hall–Kier alpha value is -0.950. The van der Waals surface area contributed by atoms with E-state index in [-0.39, 0.29) is 0 Å². The van der Waals surface area contributed by atoms with Gasteiger partial charge < -0.3 is 5.73 Å². The minimum Gasteiger partial charge on any atom is -0.330 e. The normalized spacial score (nSPS) is 12.3. The van der Waals surface area contributed by atoms with Crippen LogP contribution in [0.1, 0.15) is 24.5 Å². The smallest absolute Gasteiger partial charge is 0.282 e. The van der Waals surface area contributed by atoms with E-state index in [0.717, 1.165) is 11.1 Å². The summed E-state index contributed by atoms with van der Waals surface area (Å²) in [5, 5.41) is 0. The number of hydrogen-bond acceptors (Lipinski definition) is 3. The first-order valence-electron chi connectivity index (χ1n) is 6.89. The minimum absolute atomic E-state index is 0.401. The van der Waals surface area contributed by atoms with E-state index in [1.807, 2.05) is 38.1 Å². The molecule has 1 aromatic rings. The topological polar surface area (TPSA) is 66.6 Å². The summed E-state index contributed by atoms with van der Waals surface area (Å²) in [7, 11) is -1.82. The number of aryl methyl sites for hydroxylation is 1. The third kappa shape index (κ3) is 4.28. The summed E-state index contributed by atoms with van der Waals surface area (Å²) >= 11 is 0. The minimum atomic E-state index is -3.43. The van der Waals surface area contributed by atoms with Gasteiger partial charge in [-0.25, -0.2) is 0 Å². The molecular weight excluding hydrogens is 274 g/mol. The van der Waals surface area contributed by atoms with Crippen molar-refractivity contribution in [1.29, 1.82) is 0 Å². The van der Waals surface area contributed by atoms with Gasteiger partial charge >= 0.3 is 0 Å². The van der Waals surface area contributed by atoms with Crippen LogP contribution in [0.5, 0.6) is 0 Å². The summed E-state index contributed by atoms with van der Waals surface area (Å²) in [5.74, 6) is 0. The lowest BCUT2D eigenvalue weighted by atomic mass is 10.1. The predicted molar refractivity (Wildman–Crippen MR) is 82.5 cm³/mol. The fraction of sp³-hybridized carbons (Fsp3) is 0.571. The first kappa shape index (κ1) is 17.1. The molecular formula is C14H25N3O2S. The molecule has 0 radical (unpaired) electrons. The average molecular weight is 299 g/mol. The summed E-state index contributed by atoms with van der Waals surface area (Å²) in [6, 6.07) is 7.85. The molecule has 0 aliphatic carbocycles. The molecule has 0 fully saturated rings. The van der Waals surface area contributed by atoms with Crippen molar-refractivity contribution in [2.75, 3.05) is 26.7 Å². The summed E-state index contributed by atoms with van der Waals surface area (Å²) in [6.45, 7) is 5.63. The van der Waals surface area contributed by atoms with Crippen LogP contribution in [-0.4, -0.2) is 43.7 Å². The van der Waals surface area contributed by atoms with E-state index in [2.05, 4.69) is 0 Å². The highest BCUT2D eigenvalue weighted by atomic mass is 32.2. The molecule has 0 bridgehead atoms. The Kier molecular flexibility index (Phi) is 6.61. The molecule has 0 spiro atoms. The molecule has 6 heteroatoms. The lowest BCUT2D eigenvalue weighted by molar-refractivity contribution is 0.362. The van der Waals surface area contributed by atoms with Crippen molar-refractivity contribution in [3.63, 3.8) is 0 Å². The van der Waals surface area contributed by atoms with E-state index < -0.39 is 10.2 Å². The highest BCUT2D eigenvalue weighted by Gasteiger charge is 2.25. The molecule has 0 aliphatic rings. The number of rotatable bonds is 8. The zero-order chi connectivity index (χ0) is 15.2. The first-order valence-corrected chi connectivity index (χ1v) is 8.29. The average Bonchev–Trinajstić information content (AvgIpc) is 2.43. The molecule has 1 aromatic carbocycles. The van der Waals surface area contributed by atoms with Gasteiger partial charge in [-0.3, -0.25) is 0 Å². The Balaban J connectivity index is 2.87. The van der Waals surface area contributed by atoms with Crippen LogP contribution in [0.4, 0.5) is 0 Å². The monoisotopic (exact) mass is 299 g/mol. The van der Waals surface area contributed by atoms with Crippen molar-refractivity contribution < 1.29 is 8.42 Å². The second-order valence-electron chi connectivity index (χ2n) is 4.82. The maximum absolute atomic E-state index is 12.5. The maximum Gasteiger partial charge on any atom is 0.282 e. The van der Waals surface area contributed by atoms with Gasteiger partial charge in [-0.2, -0.15) is 17.0 Å². The molecule has 0 unspecified atom stereocenters. The van der Waals surface area contributed by atoms with E-state index in [9.17, 15) is 8.42 Å². The molecule has 114 valence electrons. The highest BCUT2D eigenvalue weighted by Crippen LogP contribution is 2.15. The fourth-order valence-electron chi connectivity index (χ4n) is 1.96. The predicted octanol–water partition coefficient (Wildman–Crippen LogP) is 1.34. The first-order chi connectivity index (χ1) is 9.43. The van der Waals surface area contributed by atoms with Gasteiger partial charge in [0.2, 0.25) is 0 Å². The summed E-state index contributed by atoms with van der Waals surface area (Å²) < 4.78 is 27.9. The molecule has 0 aromatic heterocycles. The van der Waals surface area contributed by atoms with E-state index in [0.29, 0.717) is 32.6 Å². The summed E-state index contributed by atoms with van der Waals surface area (Å²) in [5.41, 5.74) is 7.57. The van der Waals surface area contributed by atoms with E-state index in [1.54, 1.807) is 7.05 Å². The molecule has 1 rings (SSSR count). The van der Waals surface area contributed by atoms with Crippen molar-refractivity contribution in [3.05, 3.63) is 35.4 Å². The van der Waals surface area contributed by atoms with Crippen molar-refractivity contribution in [1.82, 2.24) is 8.61 Å². The lowest BCUT2D eigenvalue weighted by Gasteiger charge is -2.27. The zero-order valence-electron chi connectivity index (χ0n) is 12.5. The molecule has 0 aliphatic heterocycles. The molecule has 0 amide bonds. The second kappa shape index (κ2) is 7.73. The highest BCUT2D eigenvalue weighted by molar-refractivity contribution is 7.86. The van der Waals surface area contributed by atoms with Crippen LogP contribution in [0.15, 0.2) is 24.3 Å². The van der Waals surface area contributed by atoms with Crippen molar-refractivity contribution in [2.24, 2.45) is 5.73 Å². The Morgan fingerprint density at radius 2 is 1.90 bits per heavy atom. The molecule has 0 saturated heterocycles. The number of hydrogen-bond donors (Lipinski definition) is 1. The van der Waals surface area contributed by atoms with Crippen molar-refractivity contribution >= 4 is 10.2 Å². The zero-order valence-corrected chi connectivity index (χ0v) is 13.4. The lowest BCUT2D eigenvalue weighted by Crippen LogP contribution is -2.42. The quantitative estimate of drug-likeness (QED) is 0.788. The van der Waals surface area contributed by atoms with Crippen molar-refractivity contribution in [2.45, 2.75) is 26.8 Å². The third-order valence-electron chi connectivity index (χ3n) is 3.36. The SMILES string of the molecule is CCN(Cc1ccccc1C)S(=O)(=O)N(C)CCCN. The van der Waals surface area contributed by atoms with Crippen LogP contribution in [-0.2, 0) is 16.8 Å². The molecule has 0 saturated carbocycles. The number of nitrogens with zero attached hydrogens (tertiary/aromatic N) is 2. The Bertz CT molecular complexity index is 517. The van der Waals surface area contributed by atoms with Gasteiger partial charge in [0.25, 0.3) is 10.2 Å². The maximum atomic E-state index is 12.5. The fourth-order valence-corrected chi connectivity index (χ4v) is 3.34. The molecule has 5 nitrogen and oxygen atoms in total. The van der Waals surface area contributed by atoms with Gasteiger partial charge in [-0.1, -0.05) is 31.2 Å². The van der Waals surface area contributed by atoms with Gasteiger partial charge in [0.15, 0.2) is 0 Å². The number of nitrogens with two attached hydrogens (primary N) is 1. The van der Waals surface area contributed by atoms with Crippen LogP contribution in [0, 0.1) is 6.92 Å². The van der Waals surface area contributed by atoms with E-state index in [1.165, 1.54) is 8.61 Å². The Morgan fingerprint density at radius 1 is 1.25 bits per heavy atom. The second-order valence-corrected chi connectivity index (χ2v) is 6.86. The Labute approximate surface area is 122 Å². The van der Waals surface area contributed by atoms with Crippen LogP contribution in [0.25, 0.3) is 0 Å². The molecule has 20 heavy (non-hydrogen) atoms. The Morgan fingerprint density at radius 3 is 2.45 bits per heavy atom. The van der Waals surface area contributed by atoms with Gasteiger partial charge in [0, 0.05) is 26.7 Å². The molecule has 0 heterocycles. The summed E-state index contributed by atoms with van der Waals surface area (Å²) in [4.78, 5) is 0. The van der Waals surface area contributed by atoms with Crippen LogP contribution < -0.4 is 5.73 Å². The van der Waals surface area contributed by atoms with Gasteiger partial charge in [-0.05, 0) is 31.0 Å². The van der Waals surface area contributed by atoms with Crippen LogP contribution in [0.2, 0.25) is 0 Å². The standard InChI is InChI=1S/C14H25N3O2S/c1-4-17(12-14-9-6-5-8-13(14)2)20(18,19)16(3)11-7-10-15/h5-6,8-9H,4,7,10-12,15H2,1-3H3. The van der Waals surface area contributed by atoms with Crippen LogP contribution in [0.3, 0.4) is 0 Å². The molecule has 2 N–H and O–H groups in total. The number of benzene rings is 1. The van der Waals surface area contributed by atoms with Gasteiger partial charge in [-0.15, -0.1) is 0 Å². The van der Waals surface area contributed by atoms with Crippen molar-refractivity contribution in [3.8, 4) is 0 Å². The van der Waals surface area contributed by atoms with Gasteiger partial charge in [0.05, 0.1) is 0 Å². The van der Waals surface area contributed by atoms with E-state index >= 15 is 0 Å².